The maximum absolute atomic E-state index is 12.4. The second-order valence-electron chi connectivity index (χ2n) is 4.32. The first kappa shape index (κ1) is 16.2. The standard InChI is InChI=1S/C13H13F3N4OS/c14-13(15,16)8-1-3-9(4-2-8)19-11(21)20-12-18-7-10(22-12)5-6-17/h1-4,7H,5-6,17H2,(H2,18,19,20,21). The number of alkyl halides is 3. The molecule has 0 saturated heterocycles. The smallest absolute Gasteiger partial charge is 0.330 e. The summed E-state index contributed by atoms with van der Waals surface area (Å²) in [6, 6.07) is 3.60. The number of carbonyl (C=O) groups is 1. The average molecular weight is 330 g/mol. The number of aromatic nitrogens is 1. The fourth-order valence-electron chi connectivity index (χ4n) is 1.63. The van der Waals surface area contributed by atoms with Crippen LogP contribution in [-0.4, -0.2) is 17.6 Å². The molecule has 0 aliphatic heterocycles. The van der Waals surface area contributed by atoms with Gasteiger partial charge in [0.05, 0.1) is 5.56 Å². The molecule has 0 radical (unpaired) electrons. The van der Waals surface area contributed by atoms with Gasteiger partial charge in [0, 0.05) is 16.8 Å². The summed E-state index contributed by atoms with van der Waals surface area (Å²) in [5.41, 5.74) is 4.90. The zero-order valence-corrected chi connectivity index (χ0v) is 12.1. The lowest BCUT2D eigenvalue weighted by Crippen LogP contribution is -2.19. The van der Waals surface area contributed by atoms with E-state index in [4.69, 9.17) is 5.73 Å². The fraction of sp³-hybridized carbons (Fsp3) is 0.231. The van der Waals surface area contributed by atoms with Gasteiger partial charge in [-0.1, -0.05) is 0 Å². The van der Waals surface area contributed by atoms with Crippen LogP contribution in [0.3, 0.4) is 0 Å². The predicted octanol–water partition coefficient (Wildman–Crippen LogP) is 3.31. The molecular weight excluding hydrogens is 317 g/mol. The number of amides is 2. The van der Waals surface area contributed by atoms with Crippen LogP contribution in [-0.2, 0) is 12.6 Å². The van der Waals surface area contributed by atoms with Crippen molar-refractivity contribution >= 4 is 28.2 Å². The Hall–Kier alpha value is -2.13. The third kappa shape index (κ3) is 4.43. The van der Waals surface area contributed by atoms with Crippen molar-refractivity contribution in [1.82, 2.24) is 4.98 Å². The number of hydrogen-bond donors (Lipinski definition) is 3. The molecule has 2 rings (SSSR count). The number of benzene rings is 1. The molecule has 0 saturated carbocycles. The molecule has 1 aromatic carbocycles. The van der Waals surface area contributed by atoms with Crippen LogP contribution in [0.15, 0.2) is 30.5 Å². The molecule has 1 aromatic heterocycles. The maximum Gasteiger partial charge on any atom is 0.416 e. The number of hydrogen-bond acceptors (Lipinski definition) is 4. The normalized spacial score (nSPS) is 11.3. The van der Waals surface area contributed by atoms with Crippen molar-refractivity contribution in [2.45, 2.75) is 12.6 Å². The van der Waals surface area contributed by atoms with E-state index in [9.17, 15) is 18.0 Å². The van der Waals surface area contributed by atoms with Gasteiger partial charge in [0.1, 0.15) is 0 Å². The second-order valence-corrected chi connectivity index (χ2v) is 5.44. The van der Waals surface area contributed by atoms with Crippen LogP contribution in [0.4, 0.5) is 28.8 Å². The van der Waals surface area contributed by atoms with Gasteiger partial charge in [0.25, 0.3) is 0 Å². The van der Waals surface area contributed by atoms with Crippen molar-refractivity contribution in [2.75, 3.05) is 17.2 Å². The first-order valence-corrected chi connectivity index (χ1v) is 7.10. The largest absolute Gasteiger partial charge is 0.416 e. The first-order valence-electron chi connectivity index (χ1n) is 6.28. The zero-order valence-electron chi connectivity index (χ0n) is 11.3. The molecule has 0 aliphatic carbocycles. The molecule has 118 valence electrons. The molecule has 22 heavy (non-hydrogen) atoms. The molecule has 0 unspecified atom stereocenters. The Bertz CT molecular complexity index is 639. The Morgan fingerprint density at radius 2 is 1.91 bits per heavy atom. The molecule has 0 spiro atoms. The van der Waals surface area contributed by atoms with Gasteiger partial charge in [-0.15, -0.1) is 11.3 Å². The highest BCUT2D eigenvalue weighted by molar-refractivity contribution is 7.15. The van der Waals surface area contributed by atoms with Gasteiger partial charge in [-0.3, -0.25) is 5.32 Å². The van der Waals surface area contributed by atoms with E-state index in [1.165, 1.54) is 23.5 Å². The van der Waals surface area contributed by atoms with E-state index in [-0.39, 0.29) is 5.69 Å². The molecule has 5 nitrogen and oxygen atoms in total. The Morgan fingerprint density at radius 3 is 2.50 bits per heavy atom. The van der Waals surface area contributed by atoms with E-state index < -0.39 is 17.8 Å². The van der Waals surface area contributed by atoms with Crippen LogP contribution in [0.2, 0.25) is 0 Å². The van der Waals surface area contributed by atoms with Crippen LogP contribution in [0.1, 0.15) is 10.4 Å². The van der Waals surface area contributed by atoms with E-state index in [0.717, 1.165) is 17.0 Å². The molecule has 0 fully saturated rings. The Kier molecular flexibility index (Phi) is 4.99. The predicted molar refractivity (Wildman–Crippen MR) is 79.0 cm³/mol. The van der Waals surface area contributed by atoms with Gasteiger partial charge in [-0.25, -0.2) is 9.78 Å². The molecular formula is C13H13F3N4OS. The molecule has 4 N–H and O–H groups in total. The van der Waals surface area contributed by atoms with Crippen LogP contribution in [0.5, 0.6) is 0 Å². The van der Waals surface area contributed by atoms with E-state index >= 15 is 0 Å². The van der Waals surface area contributed by atoms with Gasteiger partial charge in [-0.2, -0.15) is 13.2 Å². The number of rotatable bonds is 4. The lowest BCUT2D eigenvalue weighted by Gasteiger charge is -2.08. The van der Waals surface area contributed by atoms with Crippen LogP contribution in [0.25, 0.3) is 0 Å². The SMILES string of the molecule is NCCc1cnc(NC(=O)Nc2ccc(C(F)(F)F)cc2)s1. The first-order chi connectivity index (χ1) is 10.4. The summed E-state index contributed by atoms with van der Waals surface area (Å²) in [4.78, 5) is 16.7. The van der Waals surface area contributed by atoms with Gasteiger partial charge >= 0.3 is 12.2 Å². The number of carbonyl (C=O) groups excluding carboxylic acids is 1. The number of anilines is 2. The lowest BCUT2D eigenvalue weighted by molar-refractivity contribution is -0.137. The molecule has 2 aromatic rings. The summed E-state index contributed by atoms with van der Waals surface area (Å²) >= 11 is 1.29. The minimum atomic E-state index is -4.40. The van der Waals surface area contributed by atoms with E-state index in [2.05, 4.69) is 15.6 Å². The van der Waals surface area contributed by atoms with Crippen LogP contribution >= 0.6 is 11.3 Å². The van der Waals surface area contributed by atoms with Crippen molar-refractivity contribution in [2.24, 2.45) is 5.73 Å². The Labute approximate surface area is 128 Å². The van der Waals surface area contributed by atoms with Gasteiger partial charge in [0.2, 0.25) is 0 Å². The highest BCUT2D eigenvalue weighted by Crippen LogP contribution is 2.29. The van der Waals surface area contributed by atoms with E-state index in [1.807, 2.05) is 0 Å². The van der Waals surface area contributed by atoms with Crippen molar-refractivity contribution < 1.29 is 18.0 Å². The summed E-state index contributed by atoms with van der Waals surface area (Å²) < 4.78 is 37.3. The summed E-state index contributed by atoms with van der Waals surface area (Å²) in [5, 5.41) is 5.34. The fourth-order valence-corrected chi connectivity index (χ4v) is 2.45. The monoisotopic (exact) mass is 330 g/mol. The minimum Gasteiger partial charge on any atom is -0.330 e. The highest BCUT2D eigenvalue weighted by Gasteiger charge is 2.29. The molecule has 0 bridgehead atoms. The van der Waals surface area contributed by atoms with Gasteiger partial charge < -0.3 is 11.1 Å². The lowest BCUT2D eigenvalue weighted by atomic mass is 10.2. The van der Waals surface area contributed by atoms with Crippen molar-refractivity contribution in [1.29, 1.82) is 0 Å². The average Bonchev–Trinajstić information content (AvgIpc) is 2.86. The van der Waals surface area contributed by atoms with Gasteiger partial charge in [0.15, 0.2) is 5.13 Å². The summed E-state index contributed by atoms with van der Waals surface area (Å²) in [6.07, 6.45) is -2.12. The highest BCUT2D eigenvalue weighted by atomic mass is 32.1. The molecule has 0 aliphatic rings. The molecule has 0 atom stereocenters. The third-order valence-electron chi connectivity index (χ3n) is 2.63. The Morgan fingerprint density at radius 1 is 1.23 bits per heavy atom. The minimum absolute atomic E-state index is 0.254. The van der Waals surface area contributed by atoms with E-state index in [1.54, 1.807) is 6.20 Å². The number of thiazole rings is 1. The topological polar surface area (TPSA) is 80.0 Å². The third-order valence-corrected chi connectivity index (χ3v) is 3.61. The summed E-state index contributed by atoms with van der Waals surface area (Å²) in [5.74, 6) is 0. The number of nitrogens with zero attached hydrogens (tertiary/aromatic N) is 1. The number of nitrogens with two attached hydrogens (primary N) is 1. The van der Waals surface area contributed by atoms with Crippen LogP contribution < -0.4 is 16.4 Å². The van der Waals surface area contributed by atoms with Crippen molar-refractivity contribution in [3.8, 4) is 0 Å². The number of nitrogens with one attached hydrogen (secondary N) is 2. The van der Waals surface area contributed by atoms with E-state index in [0.29, 0.717) is 18.1 Å². The zero-order chi connectivity index (χ0) is 16.2. The van der Waals surface area contributed by atoms with Gasteiger partial charge in [-0.05, 0) is 37.2 Å². The molecule has 2 amide bonds. The summed E-state index contributed by atoms with van der Waals surface area (Å²) in [7, 11) is 0. The summed E-state index contributed by atoms with van der Waals surface area (Å²) in [6.45, 7) is 0.485. The number of urea groups is 1. The number of halogens is 3. The maximum atomic E-state index is 12.4. The molecule has 9 heteroatoms. The van der Waals surface area contributed by atoms with Crippen molar-refractivity contribution in [3.63, 3.8) is 0 Å². The van der Waals surface area contributed by atoms with Crippen molar-refractivity contribution in [3.05, 3.63) is 40.9 Å². The Balaban J connectivity index is 1.93. The second kappa shape index (κ2) is 6.75. The quantitative estimate of drug-likeness (QED) is 0.804. The molecule has 1 heterocycles. The van der Waals surface area contributed by atoms with Crippen LogP contribution in [0, 0.1) is 0 Å².